The van der Waals surface area contributed by atoms with Gasteiger partial charge in [0.15, 0.2) is 0 Å². The van der Waals surface area contributed by atoms with E-state index in [1.807, 2.05) is 0 Å². The number of ether oxygens (including phenoxy) is 1. The van der Waals surface area contributed by atoms with Crippen LogP contribution in [0.2, 0.25) is 0 Å². The van der Waals surface area contributed by atoms with Crippen LogP contribution >= 0.6 is 0 Å². The van der Waals surface area contributed by atoms with E-state index >= 15 is 0 Å². The maximum absolute atomic E-state index is 13.0. The first-order chi connectivity index (χ1) is 15.9. The SMILES string of the molecule is CC(=O)NCCCCC(NC(=O)C(N)C(C)C)C(=O)NC(CCC(=O)C=[N+]=[N-])C(=O)OC(C)C. The fraction of sp³-hybridized carbons (Fsp3) is 0.727. The first-order valence-electron chi connectivity index (χ1n) is 11.4. The number of ketones is 1. The van der Waals surface area contributed by atoms with Gasteiger partial charge in [0.25, 0.3) is 0 Å². The summed E-state index contributed by atoms with van der Waals surface area (Å²) in [6, 6.07) is -2.96. The highest BCUT2D eigenvalue weighted by molar-refractivity contribution is 6.25. The molecule has 0 aromatic rings. The maximum Gasteiger partial charge on any atom is 0.328 e. The summed E-state index contributed by atoms with van der Waals surface area (Å²) in [4.78, 5) is 63.3. The molecule has 12 heteroatoms. The Hall–Kier alpha value is -3.11. The number of hydrogen-bond acceptors (Lipinski definition) is 7. The number of nitrogens with zero attached hydrogens (tertiary/aromatic N) is 2. The summed E-state index contributed by atoms with van der Waals surface area (Å²) >= 11 is 0. The number of carbonyl (C=O) groups excluding carboxylic acids is 5. The third kappa shape index (κ3) is 13.4. The first kappa shape index (κ1) is 30.9. The number of amides is 3. The Morgan fingerprint density at radius 2 is 1.59 bits per heavy atom. The van der Waals surface area contributed by atoms with Crippen LogP contribution in [0.25, 0.3) is 5.53 Å². The Kier molecular flexibility index (Phi) is 15.0. The molecule has 0 aromatic carbocycles. The van der Waals surface area contributed by atoms with Gasteiger partial charge in [0.2, 0.25) is 23.5 Å². The van der Waals surface area contributed by atoms with Gasteiger partial charge in [0, 0.05) is 19.9 Å². The number of esters is 1. The summed E-state index contributed by atoms with van der Waals surface area (Å²) < 4.78 is 5.18. The standard InChI is InChI=1S/C22H38N6O6/c1-13(2)19(23)21(32)27-17(8-6-7-11-25-15(5)29)20(31)28-18(22(33)34-14(3)4)10-9-16(30)12-26-24/h12-14,17-19H,6-11,23H2,1-5H3,(H,25,29)(H,27,32)(H,28,31). The van der Waals surface area contributed by atoms with Crippen LogP contribution in [-0.4, -0.2) is 71.3 Å². The zero-order chi connectivity index (χ0) is 26.3. The van der Waals surface area contributed by atoms with E-state index in [4.69, 9.17) is 16.0 Å². The predicted octanol–water partition coefficient (Wildman–Crippen LogP) is -0.153. The Balaban J connectivity index is 5.42. The quantitative estimate of drug-likeness (QED) is 0.0771. The molecule has 3 atom stereocenters. The second kappa shape index (κ2) is 16.5. The van der Waals surface area contributed by atoms with Crippen molar-refractivity contribution in [2.45, 2.75) is 91.0 Å². The smallest absolute Gasteiger partial charge is 0.328 e. The Morgan fingerprint density at radius 3 is 2.12 bits per heavy atom. The molecule has 0 aromatic heterocycles. The number of nitrogens with one attached hydrogen (secondary N) is 3. The van der Waals surface area contributed by atoms with Crippen molar-refractivity contribution in [1.82, 2.24) is 16.0 Å². The lowest BCUT2D eigenvalue weighted by Crippen LogP contribution is -2.55. The highest BCUT2D eigenvalue weighted by Gasteiger charge is 2.30. The van der Waals surface area contributed by atoms with Crippen LogP contribution in [0.1, 0.15) is 66.7 Å². The molecule has 0 saturated heterocycles. The van der Waals surface area contributed by atoms with E-state index in [9.17, 15) is 24.0 Å². The molecule has 0 aliphatic carbocycles. The lowest BCUT2D eigenvalue weighted by molar-refractivity contribution is -0.152. The molecule has 0 aliphatic heterocycles. The van der Waals surface area contributed by atoms with Gasteiger partial charge in [-0.15, -0.1) is 0 Å². The summed E-state index contributed by atoms with van der Waals surface area (Å²) in [6.45, 7) is 8.66. The third-order valence-corrected chi connectivity index (χ3v) is 4.78. The van der Waals surface area contributed by atoms with Gasteiger partial charge in [-0.25, -0.2) is 4.79 Å². The summed E-state index contributed by atoms with van der Waals surface area (Å²) in [6.07, 6.45) is 1.31. The summed E-state index contributed by atoms with van der Waals surface area (Å²) in [5.41, 5.74) is 14.4. The van der Waals surface area contributed by atoms with Crippen molar-refractivity contribution in [3.05, 3.63) is 5.53 Å². The van der Waals surface area contributed by atoms with Gasteiger partial charge >= 0.3 is 12.2 Å². The minimum absolute atomic E-state index is 0.0865. The van der Waals surface area contributed by atoms with Gasteiger partial charge in [-0.1, -0.05) is 13.8 Å². The van der Waals surface area contributed by atoms with Gasteiger partial charge in [-0.05, 0) is 45.4 Å². The van der Waals surface area contributed by atoms with Crippen molar-refractivity contribution < 1.29 is 33.5 Å². The minimum Gasteiger partial charge on any atom is -0.461 e. The van der Waals surface area contributed by atoms with Crippen molar-refractivity contribution in [2.75, 3.05) is 6.54 Å². The summed E-state index contributed by atoms with van der Waals surface area (Å²) in [5, 5.41) is 7.84. The summed E-state index contributed by atoms with van der Waals surface area (Å²) in [7, 11) is 0. The minimum atomic E-state index is -1.15. The van der Waals surface area contributed by atoms with Crippen LogP contribution in [-0.2, 0) is 28.7 Å². The Morgan fingerprint density at radius 1 is 0.971 bits per heavy atom. The number of unbranched alkanes of at least 4 members (excludes halogenated alkanes) is 1. The monoisotopic (exact) mass is 482 g/mol. The van der Waals surface area contributed by atoms with Crippen LogP contribution in [0.15, 0.2) is 0 Å². The van der Waals surface area contributed by atoms with Gasteiger partial charge in [-0.2, -0.15) is 4.79 Å². The molecule has 3 unspecified atom stereocenters. The zero-order valence-corrected chi connectivity index (χ0v) is 20.6. The molecule has 0 radical (unpaired) electrons. The van der Waals surface area contributed by atoms with Gasteiger partial charge in [0.1, 0.15) is 12.1 Å². The Bertz CT molecular complexity index is 763. The fourth-order valence-electron chi connectivity index (χ4n) is 2.83. The maximum atomic E-state index is 13.0. The number of nitrogens with two attached hydrogens (primary N) is 1. The molecule has 0 saturated carbocycles. The van der Waals surface area contributed by atoms with E-state index in [1.54, 1.807) is 27.7 Å². The average molecular weight is 483 g/mol. The summed E-state index contributed by atoms with van der Waals surface area (Å²) in [5.74, 6) is -2.73. The molecular weight excluding hydrogens is 444 g/mol. The van der Waals surface area contributed by atoms with E-state index in [2.05, 4.69) is 20.7 Å². The zero-order valence-electron chi connectivity index (χ0n) is 20.6. The number of carbonyl (C=O) groups is 5. The molecule has 0 spiro atoms. The van der Waals surface area contributed by atoms with Crippen LogP contribution in [0.5, 0.6) is 0 Å². The molecule has 3 amide bonds. The van der Waals surface area contributed by atoms with E-state index < -0.39 is 47.8 Å². The van der Waals surface area contributed by atoms with Gasteiger partial charge in [0.05, 0.1) is 12.1 Å². The van der Waals surface area contributed by atoms with E-state index in [0.29, 0.717) is 25.6 Å². The molecule has 5 N–H and O–H groups in total. The molecule has 0 bridgehead atoms. The lowest BCUT2D eigenvalue weighted by Gasteiger charge is -2.25. The van der Waals surface area contributed by atoms with Crippen molar-refractivity contribution in [1.29, 1.82) is 0 Å². The highest BCUT2D eigenvalue weighted by Crippen LogP contribution is 2.08. The lowest BCUT2D eigenvalue weighted by atomic mass is 10.0. The molecule has 192 valence electrons. The van der Waals surface area contributed by atoms with Crippen LogP contribution in [0.4, 0.5) is 0 Å². The van der Waals surface area contributed by atoms with Crippen molar-refractivity contribution in [3.63, 3.8) is 0 Å². The topological polar surface area (TPSA) is 193 Å². The Labute approximate surface area is 200 Å². The van der Waals surface area contributed by atoms with Gasteiger partial charge in [-0.3, -0.25) is 19.2 Å². The third-order valence-electron chi connectivity index (χ3n) is 4.78. The molecule has 0 fully saturated rings. The van der Waals surface area contributed by atoms with Crippen LogP contribution < -0.4 is 21.7 Å². The number of rotatable bonds is 16. The molecule has 0 rings (SSSR count). The molecule has 34 heavy (non-hydrogen) atoms. The second-order valence-electron chi connectivity index (χ2n) is 8.61. The van der Waals surface area contributed by atoms with E-state index in [0.717, 1.165) is 0 Å². The average Bonchev–Trinajstić information content (AvgIpc) is 2.73. The van der Waals surface area contributed by atoms with Crippen molar-refractivity contribution in [2.24, 2.45) is 11.7 Å². The largest absolute Gasteiger partial charge is 0.461 e. The van der Waals surface area contributed by atoms with Crippen LogP contribution in [0, 0.1) is 5.92 Å². The van der Waals surface area contributed by atoms with Crippen molar-refractivity contribution >= 4 is 35.7 Å². The molecule has 0 aliphatic rings. The normalized spacial score (nSPS) is 13.3. The predicted molar refractivity (Wildman–Crippen MR) is 124 cm³/mol. The van der Waals surface area contributed by atoms with E-state index in [1.165, 1.54) is 6.92 Å². The van der Waals surface area contributed by atoms with E-state index in [-0.39, 0.29) is 31.1 Å². The first-order valence-corrected chi connectivity index (χ1v) is 11.4. The van der Waals surface area contributed by atoms with Gasteiger partial charge < -0.3 is 32.0 Å². The fourth-order valence-corrected chi connectivity index (χ4v) is 2.83. The van der Waals surface area contributed by atoms with Crippen LogP contribution in [0.3, 0.4) is 0 Å². The second-order valence-corrected chi connectivity index (χ2v) is 8.61. The highest BCUT2D eigenvalue weighted by atomic mass is 16.5. The number of Topliss-reactive ketones (excluding diaryl/α,β-unsaturated/α-hetero) is 1. The molecule has 12 nitrogen and oxygen atoms in total. The van der Waals surface area contributed by atoms with Crippen molar-refractivity contribution in [3.8, 4) is 0 Å². The molecule has 0 heterocycles. The molecular formula is C22H38N6O6. The number of hydrogen-bond donors (Lipinski definition) is 4.